The van der Waals surface area contributed by atoms with Crippen LogP contribution in [0, 0.1) is 0 Å². The largest absolute Gasteiger partial charge is 0.480 e. The number of aliphatic carboxylic acids is 1. The summed E-state index contributed by atoms with van der Waals surface area (Å²) in [6.45, 7) is 5.66. The topological polar surface area (TPSA) is 49.8 Å². The van der Waals surface area contributed by atoms with Crippen molar-refractivity contribution in [3.8, 4) is 0 Å². The molecule has 1 atom stereocenters. The Balaban J connectivity index is 3.80. The molecule has 0 fully saturated rings. The second kappa shape index (κ2) is 7.76. The van der Waals surface area contributed by atoms with Gasteiger partial charge >= 0.3 is 5.97 Å². The fourth-order valence-corrected chi connectivity index (χ4v) is 1.05. The van der Waals surface area contributed by atoms with Gasteiger partial charge in [-0.3, -0.25) is 9.69 Å². The van der Waals surface area contributed by atoms with Crippen molar-refractivity contribution in [3.63, 3.8) is 0 Å². The van der Waals surface area contributed by atoms with Gasteiger partial charge in [0.25, 0.3) is 0 Å². The van der Waals surface area contributed by atoms with Gasteiger partial charge < -0.3 is 9.84 Å². The number of ether oxygens (including phenoxy) is 1. The fourth-order valence-electron chi connectivity index (χ4n) is 1.05. The number of hydrogen-bond donors (Lipinski definition) is 1. The number of likely N-dealkylation sites (N-methyl/N-ethyl adjacent to an activating group) is 1. The van der Waals surface area contributed by atoms with Gasteiger partial charge in [-0.2, -0.15) is 0 Å². The van der Waals surface area contributed by atoms with Crippen LogP contribution in [0.25, 0.3) is 0 Å². The van der Waals surface area contributed by atoms with E-state index in [0.29, 0.717) is 13.2 Å². The fraction of sp³-hybridized carbons (Fsp3) is 0.900. The Bertz CT molecular complexity index is 161. The first-order valence-corrected chi connectivity index (χ1v) is 5.14. The second-order valence-electron chi connectivity index (χ2n) is 3.36. The Kier molecular flexibility index (Phi) is 7.42. The number of rotatable bonds is 8. The summed E-state index contributed by atoms with van der Waals surface area (Å²) in [5.74, 6) is -0.814. The molecule has 0 aliphatic rings. The highest BCUT2D eigenvalue weighted by atomic mass is 16.5. The summed E-state index contributed by atoms with van der Waals surface area (Å²) < 4.78 is 5.30. The normalized spacial score (nSPS) is 13.1. The molecular weight excluding hydrogens is 182 g/mol. The molecular formula is C10H21NO3. The summed E-state index contributed by atoms with van der Waals surface area (Å²) in [6.07, 6.45) is 2.06. The van der Waals surface area contributed by atoms with Crippen LogP contribution in [0.1, 0.15) is 26.7 Å². The van der Waals surface area contributed by atoms with Gasteiger partial charge in [-0.1, -0.05) is 20.3 Å². The van der Waals surface area contributed by atoms with E-state index in [2.05, 4.69) is 6.92 Å². The summed E-state index contributed by atoms with van der Waals surface area (Å²) in [4.78, 5) is 12.6. The van der Waals surface area contributed by atoms with Crippen molar-refractivity contribution in [1.29, 1.82) is 0 Å². The van der Waals surface area contributed by atoms with Gasteiger partial charge in [0.2, 0.25) is 0 Å². The quantitative estimate of drug-likeness (QED) is 0.602. The lowest BCUT2D eigenvalue weighted by Gasteiger charge is -2.22. The molecule has 0 aliphatic carbocycles. The van der Waals surface area contributed by atoms with Crippen molar-refractivity contribution in [1.82, 2.24) is 4.90 Å². The molecule has 0 aromatic heterocycles. The first-order valence-electron chi connectivity index (χ1n) is 5.14. The van der Waals surface area contributed by atoms with Crippen molar-refractivity contribution >= 4 is 5.97 Å². The molecule has 0 saturated carbocycles. The van der Waals surface area contributed by atoms with E-state index in [1.165, 1.54) is 0 Å². The van der Waals surface area contributed by atoms with E-state index in [9.17, 15) is 4.79 Å². The van der Waals surface area contributed by atoms with Crippen LogP contribution >= 0.6 is 0 Å². The third kappa shape index (κ3) is 5.19. The number of unbranched alkanes of at least 4 members (excludes halogenated alkanes) is 1. The summed E-state index contributed by atoms with van der Waals surface area (Å²) in [5, 5.41) is 8.91. The third-order valence-corrected chi connectivity index (χ3v) is 2.23. The van der Waals surface area contributed by atoms with E-state index in [1.54, 1.807) is 11.9 Å². The zero-order chi connectivity index (χ0) is 11.0. The molecule has 14 heavy (non-hydrogen) atoms. The molecule has 0 saturated heterocycles. The van der Waals surface area contributed by atoms with Crippen molar-refractivity contribution in [2.75, 3.05) is 26.8 Å². The first kappa shape index (κ1) is 13.4. The smallest absolute Gasteiger partial charge is 0.323 e. The summed E-state index contributed by atoms with van der Waals surface area (Å²) >= 11 is 0. The van der Waals surface area contributed by atoms with Crippen LogP contribution in [-0.2, 0) is 9.53 Å². The molecule has 84 valence electrons. The maximum absolute atomic E-state index is 10.8. The van der Waals surface area contributed by atoms with E-state index in [0.717, 1.165) is 12.8 Å². The lowest BCUT2D eigenvalue weighted by atomic mass is 10.3. The molecule has 0 spiro atoms. The highest BCUT2D eigenvalue weighted by Crippen LogP contribution is 1.98. The van der Waals surface area contributed by atoms with E-state index in [-0.39, 0.29) is 6.61 Å². The Morgan fingerprint density at radius 1 is 1.50 bits per heavy atom. The summed E-state index contributed by atoms with van der Waals surface area (Å²) in [5.41, 5.74) is 0. The number of carboxylic acid groups (broad SMARTS) is 1. The Morgan fingerprint density at radius 2 is 2.14 bits per heavy atom. The van der Waals surface area contributed by atoms with Crippen LogP contribution in [0.3, 0.4) is 0 Å². The maximum atomic E-state index is 10.8. The van der Waals surface area contributed by atoms with Crippen LogP contribution in [0.5, 0.6) is 0 Å². The van der Waals surface area contributed by atoms with Crippen LogP contribution in [0.2, 0.25) is 0 Å². The van der Waals surface area contributed by atoms with Crippen molar-refractivity contribution < 1.29 is 14.6 Å². The van der Waals surface area contributed by atoms with E-state index >= 15 is 0 Å². The molecule has 0 aromatic rings. The van der Waals surface area contributed by atoms with Crippen LogP contribution in [-0.4, -0.2) is 48.8 Å². The Hall–Kier alpha value is -0.610. The number of carbonyl (C=O) groups is 1. The molecule has 0 aliphatic heterocycles. The Labute approximate surface area is 85.9 Å². The van der Waals surface area contributed by atoms with E-state index < -0.39 is 12.0 Å². The number of nitrogens with zero attached hydrogens (tertiary/aromatic N) is 1. The average Bonchev–Trinajstić information content (AvgIpc) is 2.16. The third-order valence-electron chi connectivity index (χ3n) is 2.23. The molecule has 0 aromatic carbocycles. The molecule has 0 bridgehead atoms. The SMILES string of the molecule is CCCCOCC(C(=O)O)N(C)CC. The molecule has 4 heteroatoms. The van der Waals surface area contributed by atoms with Crippen molar-refractivity contribution in [2.45, 2.75) is 32.7 Å². The monoisotopic (exact) mass is 203 g/mol. The van der Waals surface area contributed by atoms with E-state index in [4.69, 9.17) is 9.84 Å². The predicted octanol–water partition coefficient (Wildman–Crippen LogP) is 1.21. The predicted molar refractivity (Wildman–Crippen MR) is 55.5 cm³/mol. The van der Waals surface area contributed by atoms with Gasteiger partial charge in [-0.05, 0) is 20.0 Å². The van der Waals surface area contributed by atoms with Gasteiger partial charge in [-0.15, -0.1) is 0 Å². The summed E-state index contributed by atoms with van der Waals surface area (Å²) in [6, 6.07) is -0.517. The molecule has 0 radical (unpaired) electrons. The van der Waals surface area contributed by atoms with Crippen molar-refractivity contribution in [3.05, 3.63) is 0 Å². The first-order chi connectivity index (χ1) is 6.63. The molecule has 1 N–H and O–H groups in total. The van der Waals surface area contributed by atoms with Crippen LogP contribution in [0.15, 0.2) is 0 Å². The lowest BCUT2D eigenvalue weighted by molar-refractivity contribution is -0.145. The van der Waals surface area contributed by atoms with Crippen molar-refractivity contribution in [2.24, 2.45) is 0 Å². The minimum Gasteiger partial charge on any atom is -0.480 e. The minimum atomic E-state index is -0.814. The number of hydrogen-bond acceptors (Lipinski definition) is 3. The average molecular weight is 203 g/mol. The van der Waals surface area contributed by atoms with Gasteiger partial charge in [0.1, 0.15) is 6.04 Å². The highest BCUT2D eigenvalue weighted by molar-refractivity contribution is 5.73. The zero-order valence-corrected chi connectivity index (χ0v) is 9.32. The molecule has 1 unspecified atom stereocenters. The number of carboxylic acids is 1. The zero-order valence-electron chi connectivity index (χ0n) is 9.32. The molecule has 0 amide bonds. The van der Waals surface area contributed by atoms with Crippen LogP contribution in [0.4, 0.5) is 0 Å². The molecule has 4 nitrogen and oxygen atoms in total. The maximum Gasteiger partial charge on any atom is 0.323 e. The Morgan fingerprint density at radius 3 is 2.57 bits per heavy atom. The standard InChI is InChI=1S/C10H21NO3/c1-4-6-7-14-8-9(10(12)13)11(3)5-2/h9H,4-8H2,1-3H3,(H,12,13). The van der Waals surface area contributed by atoms with Gasteiger partial charge in [0.05, 0.1) is 6.61 Å². The van der Waals surface area contributed by atoms with Crippen LogP contribution < -0.4 is 0 Å². The summed E-state index contributed by atoms with van der Waals surface area (Å²) in [7, 11) is 1.79. The highest BCUT2D eigenvalue weighted by Gasteiger charge is 2.21. The van der Waals surface area contributed by atoms with Gasteiger partial charge in [0.15, 0.2) is 0 Å². The molecule has 0 heterocycles. The molecule has 0 rings (SSSR count). The van der Waals surface area contributed by atoms with Gasteiger partial charge in [0, 0.05) is 6.61 Å². The second-order valence-corrected chi connectivity index (χ2v) is 3.36. The van der Waals surface area contributed by atoms with Gasteiger partial charge in [-0.25, -0.2) is 0 Å². The minimum absolute atomic E-state index is 0.277. The lowest BCUT2D eigenvalue weighted by Crippen LogP contribution is -2.41. The van der Waals surface area contributed by atoms with E-state index in [1.807, 2.05) is 6.92 Å².